The van der Waals surface area contributed by atoms with E-state index in [9.17, 15) is 14.3 Å². The van der Waals surface area contributed by atoms with E-state index in [4.69, 9.17) is 0 Å². The minimum absolute atomic E-state index is 0.0280. The summed E-state index contributed by atoms with van der Waals surface area (Å²) in [5.41, 5.74) is 2.17. The number of halogens is 1. The molecule has 2 fully saturated rings. The Balaban J connectivity index is 1.38. The third-order valence-corrected chi connectivity index (χ3v) is 7.77. The Bertz CT molecular complexity index is 1280. The topological polar surface area (TPSA) is 86.5 Å². The number of hydrogen-bond donors (Lipinski definition) is 2. The molecule has 5 rings (SSSR count). The predicted octanol–water partition coefficient (Wildman–Crippen LogP) is 3.99. The second kappa shape index (κ2) is 10.1. The Morgan fingerprint density at radius 3 is 2.42 bits per heavy atom. The van der Waals surface area contributed by atoms with Crippen molar-refractivity contribution in [3.8, 4) is 0 Å². The zero-order valence-electron chi connectivity index (χ0n) is 21.2. The molecule has 9 heteroatoms. The maximum atomic E-state index is 14.7. The van der Waals surface area contributed by atoms with Crippen molar-refractivity contribution in [2.75, 3.05) is 36.5 Å². The van der Waals surface area contributed by atoms with E-state index in [1.54, 1.807) is 17.7 Å². The fourth-order valence-electron chi connectivity index (χ4n) is 5.87. The molecule has 0 amide bonds. The Hall–Kier alpha value is -3.04. The van der Waals surface area contributed by atoms with Gasteiger partial charge >= 0.3 is 0 Å². The first-order valence-corrected chi connectivity index (χ1v) is 12.9. The molecule has 36 heavy (non-hydrogen) atoms. The SMILES string of the molecule is Cc1c(F)c(=O)n(C2CCCC2)c2nc(Nc3ccc(N4CC(C)N(CCO)C(C)C4)cc3)ncc12. The summed E-state index contributed by atoms with van der Waals surface area (Å²) in [4.78, 5) is 26.7. The fraction of sp³-hybridized carbons (Fsp3) is 0.519. The molecule has 0 radical (unpaired) electrons. The third-order valence-electron chi connectivity index (χ3n) is 7.77. The summed E-state index contributed by atoms with van der Waals surface area (Å²) in [6, 6.07) is 8.85. The van der Waals surface area contributed by atoms with Gasteiger partial charge in [0.25, 0.3) is 5.56 Å². The third kappa shape index (κ3) is 4.57. The predicted molar refractivity (Wildman–Crippen MR) is 141 cm³/mol. The van der Waals surface area contributed by atoms with Crippen LogP contribution in [0.15, 0.2) is 35.3 Å². The van der Waals surface area contributed by atoms with Crippen LogP contribution in [-0.4, -0.2) is 62.9 Å². The smallest absolute Gasteiger partial charge is 0.288 e. The van der Waals surface area contributed by atoms with Crippen molar-refractivity contribution in [1.29, 1.82) is 0 Å². The van der Waals surface area contributed by atoms with Gasteiger partial charge in [-0.25, -0.2) is 9.37 Å². The van der Waals surface area contributed by atoms with E-state index >= 15 is 0 Å². The van der Waals surface area contributed by atoms with Crippen LogP contribution in [0.5, 0.6) is 0 Å². The Labute approximate surface area is 210 Å². The molecule has 2 N–H and O–H groups in total. The number of nitrogens with one attached hydrogen (secondary N) is 1. The van der Waals surface area contributed by atoms with Crippen LogP contribution in [0.1, 0.15) is 51.1 Å². The number of piperazine rings is 1. The maximum absolute atomic E-state index is 14.7. The molecule has 2 aliphatic rings. The van der Waals surface area contributed by atoms with E-state index in [0.717, 1.165) is 50.1 Å². The van der Waals surface area contributed by atoms with Gasteiger partial charge in [0, 0.05) is 66.3 Å². The van der Waals surface area contributed by atoms with Crippen LogP contribution >= 0.6 is 0 Å². The molecule has 2 unspecified atom stereocenters. The van der Waals surface area contributed by atoms with Gasteiger partial charge in [-0.15, -0.1) is 0 Å². The number of nitrogens with zero attached hydrogens (tertiary/aromatic N) is 5. The minimum Gasteiger partial charge on any atom is -0.395 e. The van der Waals surface area contributed by atoms with Crippen molar-refractivity contribution in [2.24, 2.45) is 0 Å². The van der Waals surface area contributed by atoms with Crippen LogP contribution in [0, 0.1) is 12.7 Å². The van der Waals surface area contributed by atoms with Crippen molar-refractivity contribution in [1.82, 2.24) is 19.4 Å². The average molecular weight is 495 g/mol. The molecule has 1 aliphatic carbocycles. The molecule has 3 heterocycles. The number of β-amino-alcohol motifs (C(OH)–C–C–N with tert-alkyl or cyclic N) is 1. The van der Waals surface area contributed by atoms with Crippen molar-refractivity contribution >= 4 is 28.4 Å². The molecule has 2 aromatic heterocycles. The summed E-state index contributed by atoms with van der Waals surface area (Å²) >= 11 is 0. The highest BCUT2D eigenvalue weighted by Gasteiger charge is 2.29. The average Bonchev–Trinajstić information content (AvgIpc) is 3.40. The van der Waals surface area contributed by atoms with Crippen molar-refractivity contribution in [3.05, 3.63) is 52.2 Å². The monoisotopic (exact) mass is 494 g/mol. The number of pyridine rings is 1. The highest BCUT2D eigenvalue weighted by molar-refractivity contribution is 5.79. The fourth-order valence-corrected chi connectivity index (χ4v) is 5.87. The maximum Gasteiger partial charge on any atom is 0.288 e. The number of anilines is 3. The van der Waals surface area contributed by atoms with Gasteiger partial charge in [0.2, 0.25) is 5.95 Å². The van der Waals surface area contributed by atoms with Crippen LogP contribution in [0.3, 0.4) is 0 Å². The quantitative estimate of drug-likeness (QED) is 0.536. The van der Waals surface area contributed by atoms with Gasteiger partial charge in [0.05, 0.1) is 6.61 Å². The first-order chi connectivity index (χ1) is 17.4. The summed E-state index contributed by atoms with van der Waals surface area (Å²) in [5.74, 6) is -0.331. The van der Waals surface area contributed by atoms with E-state index in [0.29, 0.717) is 41.2 Å². The highest BCUT2D eigenvalue weighted by atomic mass is 19.1. The molecule has 8 nitrogen and oxygen atoms in total. The van der Waals surface area contributed by atoms with Gasteiger partial charge in [0.1, 0.15) is 5.65 Å². The molecule has 1 saturated heterocycles. The second-order valence-corrected chi connectivity index (χ2v) is 10.2. The Morgan fingerprint density at radius 1 is 1.11 bits per heavy atom. The molecule has 1 aromatic carbocycles. The summed E-state index contributed by atoms with van der Waals surface area (Å²) in [5, 5.41) is 13.2. The molecule has 3 aromatic rings. The van der Waals surface area contributed by atoms with Gasteiger partial charge in [-0.2, -0.15) is 4.98 Å². The number of aliphatic hydroxyl groups excluding tert-OH is 1. The van der Waals surface area contributed by atoms with Crippen molar-refractivity contribution in [3.63, 3.8) is 0 Å². The lowest BCUT2D eigenvalue weighted by atomic mass is 10.1. The summed E-state index contributed by atoms with van der Waals surface area (Å²) in [6.45, 7) is 8.69. The molecule has 1 saturated carbocycles. The zero-order chi connectivity index (χ0) is 25.4. The van der Waals surface area contributed by atoms with Crippen LogP contribution in [0.25, 0.3) is 11.0 Å². The number of rotatable bonds is 6. The lowest BCUT2D eigenvalue weighted by Gasteiger charge is -2.45. The number of aryl methyl sites for hydroxylation is 1. The Morgan fingerprint density at radius 2 is 1.78 bits per heavy atom. The largest absolute Gasteiger partial charge is 0.395 e. The van der Waals surface area contributed by atoms with Gasteiger partial charge in [-0.1, -0.05) is 12.8 Å². The molecular weight excluding hydrogens is 459 g/mol. The Kier molecular flexibility index (Phi) is 6.94. The van der Waals surface area contributed by atoms with Crippen LogP contribution in [-0.2, 0) is 0 Å². The van der Waals surface area contributed by atoms with Crippen LogP contribution < -0.4 is 15.8 Å². The van der Waals surface area contributed by atoms with Gasteiger partial charge in [0.15, 0.2) is 5.82 Å². The van der Waals surface area contributed by atoms with Crippen LogP contribution in [0.2, 0.25) is 0 Å². The molecule has 0 spiro atoms. The van der Waals surface area contributed by atoms with Crippen molar-refractivity contribution in [2.45, 2.75) is 64.6 Å². The molecule has 2 atom stereocenters. The van der Waals surface area contributed by atoms with Crippen molar-refractivity contribution < 1.29 is 9.50 Å². The van der Waals surface area contributed by atoms with Gasteiger partial charge < -0.3 is 15.3 Å². The van der Waals surface area contributed by atoms with Crippen LogP contribution in [0.4, 0.5) is 21.7 Å². The van der Waals surface area contributed by atoms with Gasteiger partial charge in [-0.05, 0) is 57.9 Å². The number of aromatic nitrogens is 3. The lowest BCUT2D eigenvalue weighted by molar-refractivity contribution is 0.103. The molecule has 192 valence electrons. The number of benzene rings is 1. The molecule has 0 bridgehead atoms. The normalized spacial score (nSPS) is 21.4. The molecule has 1 aliphatic heterocycles. The first kappa shape index (κ1) is 24.6. The summed E-state index contributed by atoms with van der Waals surface area (Å²) in [6.07, 6.45) is 5.39. The summed E-state index contributed by atoms with van der Waals surface area (Å²) in [7, 11) is 0. The lowest BCUT2D eigenvalue weighted by Crippen LogP contribution is -2.57. The second-order valence-electron chi connectivity index (χ2n) is 10.2. The number of fused-ring (bicyclic) bond motifs is 1. The van der Waals surface area contributed by atoms with E-state index in [1.807, 2.05) is 12.1 Å². The van der Waals surface area contributed by atoms with E-state index in [2.05, 4.69) is 51.1 Å². The highest BCUT2D eigenvalue weighted by Crippen LogP contribution is 2.32. The van der Waals surface area contributed by atoms with E-state index in [1.165, 1.54) is 0 Å². The first-order valence-electron chi connectivity index (χ1n) is 12.9. The minimum atomic E-state index is -0.713. The number of hydrogen-bond acceptors (Lipinski definition) is 7. The standard InChI is InChI=1S/C27H35FN6O2/c1-17-15-32(16-18(2)33(17)12-13-35)21-10-8-20(9-11-21)30-27-29-14-23-19(3)24(28)26(36)34(25(23)31-27)22-6-4-5-7-22/h8-11,14,17-18,22,35H,4-7,12-13,15-16H2,1-3H3,(H,29,30,31). The summed E-state index contributed by atoms with van der Waals surface area (Å²) < 4.78 is 16.2. The number of aliphatic hydroxyl groups is 1. The van der Waals surface area contributed by atoms with E-state index < -0.39 is 11.4 Å². The zero-order valence-corrected chi connectivity index (χ0v) is 21.2. The molecular formula is C27H35FN6O2. The van der Waals surface area contributed by atoms with Gasteiger partial charge in [-0.3, -0.25) is 14.3 Å². The van der Waals surface area contributed by atoms with E-state index in [-0.39, 0.29) is 12.6 Å².